The van der Waals surface area contributed by atoms with Crippen molar-refractivity contribution >= 4 is 10.3 Å². The molecule has 6 heteroatoms. The van der Waals surface area contributed by atoms with Crippen LogP contribution in [0, 0.1) is 5.92 Å². The number of hydrogen-bond acceptors (Lipinski definition) is 2. The van der Waals surface area contributed by atoms with E-state index in [0.717, 1.165) is 10.7 Å². The Morgan fingerprint density at radius 2 is 2.15 bits per heavy atom. The largest absolute Gasteiger partial charge is 0.335 e. The van der Waals surface area contributed by atoms with Gasteiger partial charge in [-0.3, -0.25) is 4.55 Å². The van der Waals surface area contributed by atoms with Crippen LogP contribution >= 0.6 is 0 Å². The Labute approximate surface area is 77.6 Å². The Morgan fingerprint density at radius 3 is 2.54 bits per heavy atom. The summed E-state index contributed by atoms with van der Waals surface area (Å²) in [6, 6.07) is 0. The zero-order valence-corrected chi connectivity index (χ0v) is 8.30. The van der Waals surface area contributed by atoms with Crippen LogP contribution in [0.4, 0.5) is 4.39 Å². The van der Waals surface area contributed by atoms with Crippen LogP contribution in [0.1, 0.15) is 19.3 Å². The summed E-state index contributed by atoms with van der Waals surface area (Å²) in [5, 5.41) is 0. The molecule has 1 N–H and O–H groups in total. The highest BCUT2D eigenvalue weighted by atomic mass is 32.2. The fraction of sp³-hybridized carbons (Fsp3) is 1.00. The summed E-state index contributed by atoms with van der Waals surface area (Å²) in [6.45, 7) is 0.0694. The maximum atomic E-state index is 13.0. The van der Waals surface area contributed by atoms with Crippen molar-refractivity contribution in [3.63, 3.8) is 0 Å². The van der Waals surface area contributed by atoms with E-state index in [0.29, 0.717) is 12.8 Å². The lowest BCUT2D eigenvalue weighted by Gasteiger charge is -2.18. The van der Waals surface area contributed by atoms with Crippen LogP contribution in [0.15, 0.2) is 0 Å². The van der Waals surface area contributed by atoms with Crippen molar-refractivity contribution in [3.8, 4) is 0 Å². The molecule has 0 spiro atoms. The molecule has 0 aromatic carbocycles. The number of hydrogen-bond donors (Lipinski definition) is 1. The maximum Gasteiger partial charge on any atom is 0.335 e. The molecule has 0 radical (unpaired) electrons. The molecular formula is C7H14FNO3S. The Morgan fingerprint density at radius 1 is 1.54 bits per heavy atom. The zero-order valence-electron chi connectivity index (χ0n) is 7.48. The number of nitrogens with zero attached hydrogens (tertiary/aromatic N) is 1. The molecule has 1 saturated carbocycles. The van der Waals surface area contributed by atoms with Gasteiger partial charge in [-0.15, -0.1) is 0 Å². The van der Waals surface area contributed by atoms with Crippen molar-refractivity contribution in [2.24, 2.45) is 5.92 Å². The Bertz CT molecular complexity index is 267. The van der Waals surface area contributed by atoms with Crippen LogP contribution in [0.25, 0.3) is 0 Å². The second-order valence-corrected chi connectivity index (χ2v) is 4.98. The van der Waals surface area contributed by atoms with Crippen LogP contribution < -0.4 is 0 Å². The Hall–Kier alpha value is -0.200. The normalized spacial score (nSPS) is 29.8. The summed E-state index contributed by atoms with van der Waals surface area (Å²) in [6.07, 6.45) is 1.07. The van der Waals surface area contributed by atoms with Gasteiger partial charge >= 0.3 is 10.3 Å². The number of halogens is 1. The van der Waals surface area contributed by atoms with Crippen molar-refractivity contribution in [2.75, 3.05) is 13.6 Å². The Balaban J connectivity index is 2.49. The van der Waals surface area contributed by atoms with Crippen molar-refractivity contribution < 1.29 is 17.4 Å². The van der Waals surface area contributed by atoms with Crippen LogP contribution in [-0.2, 0) is 10.3 Å². The molecule has 1 aliphatic rings. The van der Waals surface area contributed by atoms with Gasteiger partial charge in [0.2, 0.25) is 0 Å². The SMILES string of the molecule is CN(CC1CCCC1F)S(=O)(=O)O. The molecule has 0 heterocycles. The quantitative estimate of drug-likeness (QED) is 0.704. The van der Waals surface area contributed by atoms with Gasteiger partial charge in [0.25, 0.3) is 0 Å². The molecule has 0 aromatic rings. The van der Waals surface area contributed by atoms with Gasteiger partial charge in [-0.1, -0.05) is 6.42 Å². The highest BCUT2D eigenvalue weighted by molar-refractivity contribution is 7.83. The van der Waals surface area contributed by atoms with E-state index >= 15 is 0 Å². The molecule has 1 aliphatic carbocycles. The van der Waals surface area contributed by atoms with Gasteiger partial charge in [-0.2, -0.15) is 12.7 Å². The smallest absolute Gasteiger partial charge is 0.273 e. The summed E-state index contributed by atoms with van der Waals surface area (Å²) < 4.78 is 43.6. The molecule has 0 aromatic heterocycles. The summed E-state index contributed by atoms with van der Waals surface area (Å²) in [5.74, 6) is -0.257. The minimum absolute atomic E-state index is 0.0694. The summed E-state index contributed by atoms with van der Waals surface area (Å²) in [7, 11) is -2.90. The fourth-order valence-corrected chi connectivity index (χ4v) is 2.00. The van der Waals surface area contributed by atoms with Gasteiger partial charge in [0.15, 0.2) is 0 Å². The lowest BCUT2D eigenvalue weighted by molar-refractivity contribution is 0.230. The van der Waals surface area contributed by atoms with Crippen molar-refractivity contribution in [2.45, 2.75) is 25.4 Å². The molecule has 4 nitrogen and oxygen atoms in total. The third-order valence-electron chi connectivity index (χ3n) is 2.45. The molecule has 1 rings (SSSR count). The third-order valence-corrected chi connectivity index (χ3v) is 3.39. The second kappa shape index (κ2) is 3.89. The van der Waals surface area contributed by atoms with Gasteiger partial charge < -0.3 is 0 Å². The first kappa shape index (κ1) is 10.9. The van der Waals surface area contributed by atoms with E-state index in [-0.39, 0.29) is 12.5 Å². The molecule has 1 fully saturated rings. The first-order chi connectivity index (χ1) is 5.91. The first-order valence-corrected chi connectivity index (χ1v) is 5.64. The first-order valence-electron chi connectivity index (χ1n) is 4.24. The molecule has 2 unspecified atom stereocenters. The van der Waals surface area contributed by atoms with Crippen molar-refractivity contribution in [3.05, 3.63) is 0 Å². The third kappa shape index (κ3) is 2.89. The lowest BCUT2D eigenvalue weighted by atomic mass is 10.1. The predicted octanol–water partition coefficient (Wildman–Crippen LogP) is 0.859. The number of rotatable bonds is 3. The van der Waals surface area contributed by atoms with E-state index in [1.54, 1.807) is 0 Å². The highest BCUT2D eigenvalue weighted by Gasteiger charge is 2.30. The van der Waals surface area contributed by atoms with Crippen molar-refractivity contribution in [1.82, 2.24) is 4.31 Å². The molecule has 0 bridgehead atoms. The van der Waals surface area contributed by atoms with Gasteiger partial charge in [0.1, 0.15) is 6.17 Å². The van der Waals surface area contributed by atoms with Gasteiger partial charge in [0, 0.05) is 19.5 Å². The van der Waals surface area contributed by atoms with Gasteiger partial charge in [-0.05, 0) is 12.8 Å². The van der Waals surface area contributed by atoms with E-state index < -0.39 is 16.5 Å². The van der Waals surface area contributed by atoms with E-state index in [1.807, 2.05) is 0 Å². The molecule has 0 amide bonds. The van der Waals surface area contributed by atoms with Crippen LogP contribution in [0.5, 0.6) is 0 Å². The van der Waals surface area contributed by atoms with E-state index in [9.17, 15) is 12.8 Å². The van der Waals surface area contributed by atoms with Crippen LogP contribution in [0.2, 0.25) is 0 Å². The second-order valence-electron chi connectivity index (χ2n) is 3.47. The summed E-state index contributed by atoms with van der Waals surface area (Å²) in [4.78, 5) is 0. The molecule has 13 heavy (non-hydrogen) atoms. The summed E-state index contributed by atoms with van der Waals surface area (Å²) in [5.41, 5.74) is 0. The standard InChI is InChI=1S/C7H14FNO3S/c1-9(13(10,11)12)5-6-3-2-4-7(6)8/h6-7H,2-5H2,1H3,(H,10,11,12). The minimum Gasteiger partial charge on any atom is -0.273 e. The minimum atomic E-state index is -4.15. The Kier molecular flexibility index (Phi) is 3.26. The topological polar surface area (TPSA) is 57.6 Å². The van der Waals surface area contributed by atoms with Gasteiger partial charge in [0.05, 0.1) is 0 Å². The van der Waals surface area contributed by atoms with E-state index in [4.69, 9.17) is 4.55 Å². The molecule has 0 aliphatic heterocycles. The number of alkyl halides is 1. The molecule has 0 saturated heterocycles. The highest BCUT2D eigenvalue weighted by Crippen LogP contribution is 2.28. The average Bonchev–Trinajstić information content (AvgIpc) is 2.34. The monoisotopic (exact) mass is 211 g/mol. The van der Waals surface area contributed by atoms with Crippen molar-refractivity contribution in [1.29, 1.82) is 0 Å². The van der Waals surface area contributed by atoms with Gasteiger partial charge in [-0.25, -0.2) is 4.39 Å². The van der Waals surface area contributed by atoms with E-state index in [1.165, 1.54) is 7.05 Å². The average molecular weight is 211 g/mol. The molecular weight excluding hydrogens is 197 g/mol. The predicted molar refractivity (Wildman–Crippen MR) is 46.4 cm³/mol. The fourth-order valence-electron chi connectivity index (χ4n) is 1.62. The maximum absolute atomic E-state index is 13.0. The zero-order chi connectivity index (χ0) is 10.1. The van der Waals surface area contributed by atoms with E-state index in [2.05, 4.69) is 0 Å². The summed E-state index contributed by atoms with van der Waals surface area (Å²) >= 11 is 0. The van der Waals surface area contributed by atoms with Crippen LogP contribution in [-0.4, -0.2) is 37.0 Å². The molecule has 78 valence electrons. The molecule has 2 atom stereocenters. The lowest BCUT2D eigenvalue weighted by Crippen LogP contribution is -2.33. The van der Waals surface area contributed by atoms with Crippen LogP contribution in [0.3, 0.4) is 0 Å².